The number of likely N-dealkylation sites (tertiary alicyclic amines) is 1. The van der Waals surface area contributed by atoms with E-state index in [1.54, 1.807) is 44.7 Å². The molecule has 0 saturated carbocycles. The molecule has 3 rings (SSSR count). The third kappa shape index (κ3) is 5.51. The summed E-state index contributed by atoms with van der Waals surface area (Å²) in [4.78, 5) is 43.1. The van der Waals surface area contributed by atoms with Crippen LogP contribution in [0, 0.1) is 19.8 Å². The largest absolute Gasteiger partial charge is 0.459 e. The SMILES string of the molecule is Cc1[nH]c(C(=O)N2CCCC(C(=O)NCc3ccc(Cl)cc3)C2)c(C)c1C(=O)OC(C)C. The molecule has 2 heterocycles. The molecule has 8 heteroatoms. The Morgan fingerprint density at radius 3 is 2.56 bits per heavy atom. The summed E-state index contributed by atoms with van der Waals surface area (Å²) in [5.74, 6) is -0.993. The van der Waals surface area contributed by atoms with Crippen LogP contribution in [0.3, 0.4) is 0 Å². The number of carbonyl (C=O) groups is 3. The highest BCUT2D eigenvalue weighted by molar-refractivity contribution is 6.30. The Hall–Kier alpha value is -2.80. The lowest BCUT2D eigenvalue weighted by Gasteiger charge is -2.32. The van der Waals surface area contributed by atoms with Crippen LogP contribution in [-0.4, -0.2) is 46.9 Å². The first-order chi connectivity index (χ1) is 15.2. The summed E-state index contributed by atoms with van der Waals surface area (Å²) >= 11 is 5.90. The number of benzene rings is 1. The maximum Gasteiger partial charge on any atom is 0.340 e. The number of H-pyrrole nitrogens is 1. The van der Waals surface area contributed by atoms with Gasteiger partial charge < -0.3 is 19.9 Å². The van der Waals surface area contributed by atoms with E-state index in [2.05, 4.69) is 10.3 Å². The van der Waals surface area contributed by atoms with E-state index in [1.807, 2.05) is 12.1 Å². The van der Waals surface area contributed by atoms with E-state index in [0.717, 1.165) is 18.4 Å². The molecule has 1 aliphatic heterocycles. The van der Waals surface area contributed by atoms with Crippen molar-refractivity contribution in [3.05, 3.63) is 57.4 Å². The third-order valence-electron chi connectivity index (χ3n) is 5.66. The van der Waals surface area contributed by atoms with Gasteiger partial charge in [-0.2, -0.15) is 0 Å². The number of hydrogen-bond donors (Lipinski definition) is 2. The van der Waals surface area contributed by atoms with Gasteiger partial charge in [0.2, 0.25) is 5.91 Å². The molecule has 32 heavy (non-hydrogen) atoms. The molecule has 0 aliphatic carbocycles. The number of rotatable bonds is 6. The molecule has 2 N–H and O–H groups in total. The minimum atomic E-state index is -0.441. The Kier molecular flexibility index (Phi) is 7.61. The minimum absolute atomic E-state index is 0.0713. The Morgan fingerprint density at radius 2 is 1.91 bits per heavy atom. The number of halogens is 1. The van der Waals surface area contributed by atoms with Gasteiger partial charge in [-0.15, -0.1) is 0 Å². The van der Waals surface area contributed by atoms with Crippen LogP contribution in [0.4, 0.5) is 0 Å². The molecule has 1 aromatic carbocycles. The van der Waals surface area contributed by atoms with Gasteiger partial charge in [-0.25, -0.2) is 4.79 Å². The Labute approximate surface area is 193 Å². The summed E-state index contributed by atoms with van der Waals surface area (Å²) in [5.41, 5.74) is 2.92. The summed E-state index contributed by atoms with van der Waals surface area (Å²) in [6.45, 7) is 8.40. The summed E-state index contributed by atoms with van der Waals surface area (Å²) in [6.07, 6.45) is 1.22. The number of amides is 2. The van der Waals surface area contributed by atoms with Crippen molar-refractivity contribution >= 4 is 29.4 Å². The Balaban J connectivity index is 1.65. The molecule has 1 aromatic heterocycles. The fourth-order valence-corrected chi connectivity index (χ4v) is 4.14. The number of nitrogens with zero attached hydrogens (tertiary/aromatic N) is 1. The highest BCUT2D eigenvalue weighted by Crippen LogP contribution is 2.24. The summed E-state index contributed by atoms with van der Waals surface area (Å²) in [5, 5.41) is 3.61. The normalized spacial score (nSPS) is 16.2. The first kappa shape index (κ1) is 23.9. The quantitative estimate of drug-likeness (QED) is 0.638. The van der Waals surface area contributed by atoms with Gasteiger partial charge >= 0.3 is 5.97 Å². The molecular formula is C24H30ClN3O4. The summed E-state index contributed by atoms with van der Waals surface area (Å²) in [6, 6.07) is 7.32. The van der Waals surface area contributed by atoms with E-state index in [-0.39, 0.29) is 23.8 Å². The lowest BCUT2D eigenvalue weighted by molar-refractivity contribution is -0.126. The van der Waals surface area contributed by atoms with Crippen LogP contribution in [0.2, 0.25) is 5.02 Å². The Bertz CT molecular complexity index is 997. The van der Waals surface area contributed by atoms with E-state index >= 15 is 0 Å². The number of carbonyl (C=O) groups excluding carboxylic acids is 3. The number of ether oxygens (including phenoxy) is 1. The molecule has 1 aliphatic rings. The number of aromatic nitrogens is 1. The topological polar surface area (TPSA) is 91.5 Å². The van der Waals surface area contributed by atoms with Crippen LogP contribution in [0.15, 0.2) is 24.3 Å². The smallest absolute Gasteiger partial charge is 0.340 e. The lowest BCUT2D eigenvalue weighted by atomic mass is 9.96. The number of esters is 1. The van der Waals surface area contributed by atoms with Crippen molar-refractivity contribution < 1.29 is 19.1 Å². The van der Waals surface area contributed by atoms with E-state index in [0.29, 0.717) is 47.2 Å². The summed E-state index contributed by atoms with van der Waals surface area (Å²) < 4.78 is 5.31. The lowest BCUT2D eigenvalue weighted by Crippen LogP contribution is -2.45. The van der Waals surface area contributed by atoms with E-state index < -0.39 is 5.97 Å². The fourth-order valence-electron chi connectivity index (χ4n) is 4.01. The van der Waals surface area contributed by atoms with Gasteiger partial charge in [0.05, 0.1) is 17.6 Å². The van der Waals surface area contributed by atoms with E-state index in [4.69, 9.17) is 16.3 Å². The van der Waals surface area contributed by atoms with Gasteiger partial charge in [-0.05, 0) is 63.8 Å². The van der Waals surface area contributed by atoms with Crippen molar-refractivity contribution in [2.75, 3.05) is 13.1 Å². The molecule has 1 atom stereocenters. The van der Waals surface area contributed by atoms with Crippen LogP contribution in [0.5, 0.6) is 0 Å². The molecule has 1 saturated heterocycles. The molecule has 1 unspecified atom stereocenters. The van der Waals surface area contributed by atoms with Gasteiger partial charge in [0, 0.05) is 30.4 Å². The van der Waals surface area contributed by atoms with Gasteiger partial charge in [-0.3, -0.25) is 9.59 Å². The molecular weight excluding hydrogens is 430 g/mol. The number of piperidine rings is 1. The number of aryl methyl sites for hydroxylation is 1. The molecule has 1 fully saturated rings. The number of aromatic amines is 1. The van der Waals surface area contributed by atoms with Crippen molar-refractivity contribution in [2.45, 2.75) is 53.2 Å². The zero-order valence-corrected chi connectivity index (χ0v) is 19.7. The van der Waals surface area contributed by atoms with E-state index in [1.165, 1.54) is 0 Å². The first-order valence-corrected chi connectivity index (χ1v) is 11.3. The number of nitrogens with one attached hydrogen (secondary N) is 2. The highest BCUT2D eigenvalue weighted by Gasteiger charge is 2.32. The van der Waals surface area contributed by atoms with Crippen LogP contribution in [-0.2, 0) is 16.1 Å². The maximum atomic E-state index is 13.2. The minimum Gasteiger partial charge on any atom is -0.459 e. The van der Waals surface area contributed by atoms with E-state index in [9.17, 15) is 14.4 Å². The Morgan fingerprint density at radius 1 is 1.22 bits per heavy atom. The predicted octanol–water partition coefficient (Wildman–Crippen LogP) is 4.02. The second-order valence-electron chi connectivity index (χ2n) is 8.51. The summed E-state index contributed by atoms with van der Waals surface area (Å²) in [7, 11) is 0. The van der Waals surface area contributed by atoms with Crippen LogP contribution in [0.25, 0.3) is 0 Å². The third-order valence-corrected chi connectivity index (χ3v) is 5.91. The molecule has 0 spiro atoms. The molecule has 2 amide bonds. The molecule has 0 radical (unpaired) electrons. The van der Waals surface area contributed by atoms with Crippen LogP contribution >= 0.6 is 11.6 Å². The van der Waals surface area contributed by atoms with Crippen LogP contribution < -0.4 is 5.32 Å². The maximum absolute atomic E-state index is 13.2. The van der Waals surface area contributed by atoms with Crippen molar-refractivity contribution in [3.8, 4) is 0 Å². The second kappa shape index (κ2) is 10.2. The zero-order valence-electron chi connectivity index (χ0n) is 19.0. The number of hydrogen-bond acceptors (Lipinski definition) is 4. The van der Waals surface area contributed by atoms with Gasteiger partial charge in [-0.1, -0.05) is 23.7 Å². The van der Waals surface area contributed by atoms with Gasteiger partial charge in [0.15, 0.2) is 0 Å². The monoisotopic (exact) mass is 459 g/mol. The van der Waals surface area contributed by atoms with Crippen molar-refractivity contribution in [2.24, 2.45) is 5.92 Å². The average Bonchev–Trinajstić information content (AvgIpc) is 3.06. The van der Waals surface area contributed by atoms with Crippen molar-refractivity contribution in [1.29, 1.82) is 0 Å². The highest BCUT2D eigenvalue weighted by atomic mass is 35.5. The zero-order chi connectivity index (χ0) is 23.4. The first-order valence-electron chi connectivity index (χ1n) is 10.9. The molecule has 2 aromatic rings. The van der Waals surface area contributed by atoms with Crippen molar-refractivity contribution in [3.63, 3.8) is 0 Å². The van der Waals surface area contributed by atoms with Crippen molar-refractivity contribution in [1.82, 2.24) is 15.2 Å². The fraction of sp³-hybridized carbons (Fsp3) is 0.458. The van der Waals surface area contributed by atoms with Crippen LogP contribution in [0.1, 0.15) is 64.4 Å². The molecule has 172 valence electrons. The molecule has 7 nitrogen and oxygen atoms in total. The average molecular weight is 460 g/mol. The van der Waals surface area contributed by atoms with Gasteiger partial charge in [0.25, 0.3) is 5.91 Å². The standard InChI is InChI=1S/C24H30ClN3O4/c1-14(2)32-24(31)20-15(3)21(27-16(20)4)23(30)28-11-5-6-18(13-28)22(29)26-12-17-7-9-19(25)10-8-17/h7-10,14,18,27H,5-6,11-13H2,1-4H3,(H,26,29). The van der Waals surface area contributed by atoms with Gasteiger partial charge in [0.1, 0.15) is 5.69 Å². The predicted molar refractivity (Wildman–Crippen MR) is 123 cm³/mol. The second-order valence-corrected chi connectivity index (χ2v) is 8.95. The molecule has 0 bridgehead atoms.